The highest BCUT2D eigenvalue weighted by atomic mass is 32.1. The van der Waals surface area contributed by atoms with Crippen LogP contribution in [0.4, 0.5) is 17.1 Å². The summed E-state index contributed by atoms with van der Waals surface area (Å²) in [4.78, 5) is 2.36. The van der Waals surface area contributed by atoms with Gasteiger partial charge in [0, 0.05) is 42.3 Å². The predicted octanol–water partition coefficient (Wildman–Crippen LogP) is 15.6. The number of benzene rings is 9. The molecule has 0 fully saturated rings. The Kier molecular flexibility index (Phi) is 7.39. The Balaban J connectivity index is 1.11. The minimum atomic E-state index is 0.864. The van der Waals surface area contributed by atoms with Crippen LogP contribution in [-0.2, 0) is 0 Å². The molecule has 0 spiro atoms. The summed E-state index contributed by atoms with van der Waals surface area (Å²) in [6.07, 6.45) is 0. The zero-order valence-electron chi connectivity index (χ0n) is 29.8. The van der Waals surface area contributed by atoms with Crippen molar-refractivity contribution in [2.75, 3.05) is 4.90 Å². The summed E-state index contributed by atoms with van der Waals surface area (Å²) >= 11 is 1.84. The van der Waals surface area contributed by atoms with Crippen LogP contribution in [0.3, 0.4) is 0 Å². The molecule has 11 aromatic rings. The van der Waals surface area contributed by atoms with E-state index in [0.29, 0.717) is 0 Å². The number of furan rings is 1. The third-order valence-electron chi connectivity index (χ3n) is 10.9. The van der Waals surface area contributed by atoms with Gasteiger partial charge in [-0.15, -0.1) is 11.3 Å². The summed E-state index contributed by atoms with van der Waals surface area (Å²) in [5.74, 6) is 0. The summed E-state index contributed by atoms with van der Waals surface area (Å²) in [6, 6.07) is 72.0. The van der Waals surface area contributed by atoms with Gasteiger partial charge >= 0.3 is 0 Å². The normalized spacial score (nSPS) is 11.6. The second kappa shape index (κ2) is 12.9. The highest BCUT2D eigenvalue weighted by molar-refractivity contribution is 7.25. The number of hydrogen-bond acceptors (Lipinski definition) is 3. The number of hydrogen-bond donors (Lipinski definition) is 0. The Labute approximate surface area is 322 Å². The molecule has 0 aliphatic rings. The molecule has 0 atom stereocenters. The van der Waals surface area contributed by atoms with Crippen molar-refractivity contribution >= 4 is 81.3 Å². The lowest BCUT2D eigenvalue weighted by Gasteiger charge is -2.26. The van der Waals surface area contributed by atoms with Crippen LogP contribution in [0.2, 0.25) is 0 Å². The smallest absolute Gasteiger partial charge is 0.159 e. The van der Waals surface area contributed by atoms with Crippen LogP contribution in [0.5, 0.6) is 0 Å². The first-order valence-corrected chi connectivity index (χ1v) is 19.5. The van der Waals surface area contributed by atoms with Gasteiger partial charge in [-0.25, -0.2) is 0 Å². The number of thiophene rings is 1. The summed E-state index contributed by atoms with van der Waals surface area (Å²) < 4.78 is 9.62. The van der Waals surface area contributed by atoms with Crippen LogP contribution < -0.4 is 4.90 Å². The minimum absolute atomic E-state index is 0.864. The Hall–Kier alpha value is -6.94. The van der Waals surface area contributed by atoms with Crippen LogP contribution >= 0.6 is 11.3 Å². The Morgan fingerprint density at radius 2 is 0.909 bits per heavy atom. The second-order valence-corrected chi connectivity index (χ2v) is 15.2. The van der Waals surface area contributed by atoms with Crippen molar-refractivity contribution in [3.05, 3.63) is 200 Å². The lowest BCUT2D eigenvalue weighted by atomic mass is 9.93. The SMILES string of the molecule is c1ccc(-c2ccc(-c3cc4oc5c(N(c6ccc(-c7ccccc7)cc6)c6ccc7c(c6)sc6ccccc67)cccc5c4c4ccccc34)cc2)cc1. The van der Waals surface area contributed by atoms with Gasteiger partial charge in [0.2, 0.25) is 0 Å². The average Bonchev–Trinajstić information content (AvgIpc) is 3.83. The third-order valence-corrected chi connectivity index (χ3v) is 12.0. The van der Waals surface area contributed by atoms with E-state index in [4.69, 9.17) is 4.42 Å². The molecule has 0 saturated carbocycles. The van der Waals surface area contributed by atoms with Crippen LogP contribution in [0.15, 0.2) is 205 Å². The van der Waals surface area contributed by atoms with E-state index >= 15 is 0 Å². The maximum atomic E-state index is 7.06. The van der Waals surface area contributed by atoms with Crippen molar-refractivity contribution in [1.82, 2.24) is 0 Å². The van der Waals surface area contributed by atoms with E-state index in [1.165, 1.54) is 53.2 Å². The van der Waals surface area contributed by atoms with Gasteiger partial charge in [0.05, 0.1) is 5.69 Å². The van der Waals surface area contributed by atoms with Crippen LogP contribution in [0.25, 0.3) is 86.3 Å². The molecule has 55 heavy (non-hydrogen) atoms. The number of fused-ring (bicyclic) bond motifs is 8. The number of rotatable bonds is 6. The molecule has 0 radical (unpaired) electrons. The van der Waals surface area contributed by atoms with Gasteiger partial charge in [-0.05, 0) is 86.6 Å². The molecule has 2 heterocycles. The molecule has 2 nitrogen and oxygen atoms in total. The standard InChI is InChI=1S/C52H33NOS/c1-3-12-34(13-4-1)36-22-24-38(25-23-36)46-33-48-51(44-18-8-7-16-41(44)46)45-19-11-20-47(52(45)54-48)53(39-28-26-37(27-29-39)35-14-5-2-6-15-35)40-30-31-43-42-17-9-10-21-49(42)55-50(43)32-40/h1-33H. The zero-order chi connectivity index (χ0) is 36.3. The highest BCUT2D eigenvalue weighted by Crippen LogP contribution is 2.47. The van der Waals surface area contributed by atoms with Crippen molar-refractivity contribution in [2.24, 2.45) is 0 Å². The van der Waals surface area contributed by atoms with Gasteiger partial charge in [-0.3, -0.25) is 0 Å². The lowest BCUT2D eigenvalue weighted by Crippen LogP contribution is -2.10. The topological polar surface area (TPSA) is 16.4 Å². The molecule has 2 aromatic heterocycles. The molecular weight excluding hydrogens is 687 g/mol. The van der Waals surface area contributed by atoms with E-state index in [2.05, 4.69) is 205 Å². The minimum Gasteiger partial charge on any atom is -0.454 e. The second-order valence-electron chi connectivity index (χ2n) is 14.1. The molecule has 0 aliphatic carbocycles. The van der Waals surface area contributed by atoms with E-state index in [9.17, 15) is 0 Å². The fraction of sp³-hybridized carbons (Fsp3) is 0. The molecule has 0 aliphatic heterocycles. The first-order chi connectivity index (χ1) is 27.3. The van der Waals surface area contributed by atoms with Gasteiger partial charge in [-0.1, -0.05) is 158 Å². The average molecular weight is 720 g/mol. The van der Waals surface area contributed by atoms with Crippen molar-refractivity contribution in [3.63, 3.8) is 0 Å². The van der Waals surface area contributed by atoms with Crippen molar-refractivity contribution in [2.45, 2.75) is 0 Å². The molecule has 0 unspecified atom stereocenters. The van der Waals surface area contributed by atoms with Gasteiger partial charge in [0.25, 0.3) is 0 Å². The van der Waals surface area contributed by atoms with Gasteiger partial charge in [0.15, 0.2) is 5.58 Å². The third kappa shape index (κ3) is 5.32. The fourth-order valence-corrected chi connectivity index (χ4v) is 9.39. The molecular formula is C52H33NOS. The maximum Gasteiger partial charge on any atom is 0.159 e. The van der Waals surface area contributed by atoms with E-state index in [1.807, 2.05) is 11.3 Å². The Morgan fingerprint density at radius 3 is 1.64 bits per heavy atom. The molecule has 3 heteroatoms. The van der Waals surface area contributed by atoms with Crippen LogP contribution in [0, 0.1) is 0 Å². The Morgan fingerprint density at radius 1 is 0.364 bits per heavy atom. The molecule has 0 amide bonds. The number of nitrogens with zero attached hydrogens (tertiary/aromatic N) is 1. The summed E-state index contributed by atoms with van der Waals surface area (Å²) in [6.45, 7) is 0. The van der Waals surface area contributed by atoms with Gasteiger partial charge in [0.1, 0.15) is 5.58 Å². The highest BCUT2D eigenvalue weighted by Gasteiger charge is 2.22. The first kappa shape index (κ1) is 31.6. The van der Waals surface area contributed by atoms with Crippen LogP contribution in [-0.4, -0.2) is 0 Å². The summed E-state index contributed by atoms with van der Waals surface area (Å²) in [7, 11) is 0. The van der Waals surface area contributed by atoms with E-state index in [-0.39, 0.29) is 0 Å². The van der Waals surface area contributed by atoms with Gasteiger partial charge in [-0.2, -0.15) is 0 Å². The summed E-state index contributed by atoms with van der Waals surface area (Å²) in [5.41, 5.74) is 12.0. The van der Waals surface area contributed by atoms with Crippen LogP contribution in [0.1, 0.15) is 0 Å². The quantitative estimate of drug-likeness (QED) is 0.170. The number of anilines is 3. The fourth-order valence-electron chi connectivity index (χ4n) is 8.25. The molecule has 11 rings (SSSR count). The Bertz CT molecular complexity index is 3180. The maximum absolute atomic E-state index is 7.06. The van der Waals surface area contributed by atoms with Gasteiger partial charge < -0.3 is 9.32 Å². The molecule has 258 valence electrons. The van der Waals surface area contributed by atoms with E-state index < -0.39 is 0 Å². The summed E-state index contributed by atoms with van der Waals surface area (Å²) in [5, 5.41) is 7.20. The van der Waals surface area contributed by atoms with Crippen molar-refractivity contribution < 1.29 is 4.42 Å². The van der Waals surface area contributed by atoms with E-state index in [0.717, 1.165) is 50.1 Å². The molecule has 0 bridgehead atoms. The molecule has 0 N–H and O–H groups in total. The van der Waals surface area contributed by atoms with E-state index in [1.54, 1.807) is 0 Å². The lowest BCUT2D eigenvalue weighted by molar-refractivity contribution is 0.669. The first-order valence-electron chi connectivity index (χ1n) is 18.7. The largest absolute Gasteiger partial charge is 0.454 e. The zero-order valence-corrected chi connectivity index (χ0v) is 30.6. The predicted molar refractivity (Wildman–Crippen MR) is 235 cm³/mol. The molecule has 9 aromatic carbocycles. The monoisotopic (exact) mass is 719 g/mol. The van der Waals surface area contributed by atoms with Crippen molar-refractivity contribution in [1.29, 1.82) is 0 Å². The number of para-hydroxylation sites is 1. The molecule has 0 saturated heterocycles. The van der Waals surface area contributed by atoms with Crippen molar-refractivity contribution in [3.8, 4) is 33.4 Å².